The van der Waals surface area contributed by atoms with Crippen LogP contribution in [0.4, 0.5) is 4.39 Å². The van der Waals surface area contributed by atoms with Crippen LogP contribution in [0.15, 0.2) is 30.6 Å². The van der Waals surface area contributed by atoms with Crippen molar-refractivity contribution in [2.24, 2.45) is 7.05 Å². The van der Waals surface area contributed by atoms with Crippen molar-refractivity contribution in [3.05, 3.63) is 53.1 Å². The lowest BCUT2D eigenvalue weighted by Gasteiger charge is -2.43. The summed E-state index contributed by atoms with van der Waals surface area (Å²) in [6.45, 7) is 5.53. The summed E-state index contributed by atoms with van der Waals surface area (Å²) in [6, 6.07) is 4.45. The van der Waals surface area contributed by atoms with Crippen LogP contribution in [0.25, 0.3) is 0 Å². The Morgan fingerprint density at radius 1 is 1.24 bits per heavy atom. The third-order valence-corrected chi connectivity index (χ3v) is 6.06. The minimum atomic E-state index is -0.355. The number of benzene rings is 1. The predicted octanol–water partition coefficient (Wildman–Crippen LogP) is 2.94. The van der Waals surface area contributed by atoms with Gasteiger partial charge in [-0.1, -0.05) is 12.5 Å². The maximum atomic E-state index is 14.1. The Morgan fingerprint density at radius 3 is 2.76 bits per heavy atom. The van der Waals surface area contributed by atoms with Crippen LogP contribution in [0.5, 0.6) is 0 Å². The first-order valence-corrected chi connectivity index (χ1v) is 10.4. The highest BCUT2D eigenvalue weighted by Gasteiger charge is 2.39. The Bertz CT molecular complexity index is 862. The summed E-state index contributed by atoms with van der Waals surface area (Å²) in [5, 5.41) is 4.32. The standard InChI is InChI=1S/C22H29FN4O2/c1-16-18(7-6-8-19(16)23)22(28)27-11-12-29-20(15-26-9-4-3-5-10-26)21(27)17-13-24-25(2)14-17/h6-8,13-14,20-21H,3-5,9-12,15H2,1-2H3/t20-,21-/m0/s1. The highest BCUT2D eigenvalue weighted by atomic mass is 19.1. The molecule has 6 nitrogen and oxygen atoms in total. The lowest BCUT2D eigenvalue weighted by molar-refractivity contribution is -0.0742. The number of ether oxygens (including phenoxy) is 1. The van der Waals surface area contributed by atoms with Gasteiger partial charge < -0.3 is 14.5 Å². The summed E-state index contributed by atoms with van der Waals surface area (Å²) < 4.78 is 22.0. The van der Waals surface area contributed by atoms with Crippen LogP contribution in [-0.2, 0) is 11.8 Å². The molecule has 0 N–H and O–H groups in total. The van der Waals surface area contributed by atoms with Gasteiger partial charge in [0.2, 0.25) is 0 Å². The first kappa shape index (κ1) is 20.0. The lowest BCUT2D eigenvalue weighted by Crippen LogP contribution is -2.52. The molecular weight excluding hydrogens is 371 g/mol. The number of hydrogen-bond donors (Lipinski definition) is 0. The molecule has 2 atom stereocenters. The first-order chi connectivity index (χ1) is 14.0. The molecule has 0 radical (unpaired) electrons. The average Bonchev–Trinajstić information content (AvgIpc) is 3.16. The van der Waals surface area contributed by atoms with Gasteiger partial charge in [0, 0.05) is 37.5 Å². The van der Waals surface area contributed by atoms with E-state index in [9.17, 15) is 9.18 Å². The normalized spacial score (nSPS) is 23.3. The van der Waals surface area contributed by atoms with Crippen molar-refractivity contribution >= 4 is 5.91 Å². The minimum Gasteiger partial charge on any atom is -0.373 e. The Balaban J connectivity index is 1.65. The maximum absolute atomic E-state index is 14.1. The van der Waals surface area contributed by atoms with Crippen LogP contribution in [0, 0.1) is 12.7 Å². The fourth-order valence-corrected chi connectivity index (χ4v) is 4.49. The molecule has 1 aromatic carbocycles. The zero-order chi connectivity index (χ0) is 20.4. The quantitative estimate of drug-likeness (QED) is 0.792. The Kier molecular flexibility index (Phi) is 5.96. The number of rotatable bonds is 4. The van der Waals surface area contributed by atoms with E-state index in [1.54, 1.807) is 29.9 Å². The number of hydrogen-bond acceptors (Lipinski definition) is 4. The van der Waals surface area contributed by atoms with Gasteiger partial charge in [0.1, 0.15) is 5.82 Å². The molecule has 2 aliphatic heterocycles. The molecule has 1 amide bonds. The number of carbonyl (C=O) groups excluding carboxylic acids is 1. The van der Waals surface area contributed by atoms with E-state index < -0.39 is 0 Å². The van der Waals surface area contributed by atoms with Crippen molar-refractivity contribution in [3.8, 4) is 0 Å². The zero-order valence-corrected chi connectivity index (χ0v) is 17.2. The number of halogens is 1. The van der Waals surface area contributed by atoms with Crippen LogP contribution in [0.1, 0.15) is 46.8 Å². The number of morpholine rings is 1. The third kappa shape index (κ3) is 4.21. The molecule has 2 fully saturated rings. The summed E-state index contributed by atoms with van der Waals surface area (Å²) in [5.74, 6) is -0.505. The molecule has 7 heteroatoms. The van der Waals surface area contributed by atoms with Gasteiger partial charge in [-0.05, 0) is 50.6 Å². The van der Waals surface area contributed by atoms with E-state index in [0.717, 1.165) is 25.2 Å². The number of aryl methyl sites for hydroxylation is 1. The Morgan fingerprint density at radius 2 is 2.03 bits per heavy atom. The topological polar surface area (TPSA) is 50.6 Å². The van der Waals surface area contributed by atoms with Crippen molar-refractivity contribution in [3.63, 3.8) is 0 Å². The van der Waals surface area contributed by atoms with Gasteiger partial charge >= 0.3 is 0 Å². The summed E-state index contributed by atoms with van der Waals surface area (Å²) in [5.41, 5.74) is 1.76. The molecule has 0 unspecified atom stereocenters. The maximum Gasteiger partial charge on any atom is 0.254 e. The van der Waals surface area contributed by atoms with Crippen molar-refractivity contribution in [1.29, 1.82) is 0 Å². The smallest absolute Gasteiger partial charge is 0.254 e. The largest absolute Gasteiger partial charge is 0.373 e. The minimum absolute atomic E-state index is 0.135. The fourth-order valence-electron chi connectivity index (χ4n) is 4.49. The molecule has 2 aromatic rings. The molecule has 0 spiro atoms. The second-order valence-corrected chi connectivity index (χ2v) is 8.07. The molecular formula is C22H29FN4O2. The van der Waals surface area contributed by atoms with E-state index in [0.29, 0.717) is 24.3 Å². The van der Waals surface area contributed by atoms with E-state index in [4.69, 9.17) is 4.74 Å². The van der Waals surface area contributed by atoms with Gasteiger partial charge in [-0.15, -0.1) is 0 Å². The number of amides is 1. The van der Waals surface area contributed by atoms with Gasteiger partial charge in [0.25, 0.3) is 5.91 Å². The van der Waals surface area contributed by atoms with Gasteiger partial charge in [-0.3, -0.25) is 9.48 Å². The van der Waals surface area contributed by atoms with Crippen LogP contribution < -0.4 is 0 Å². The molecule has 29 heavy (non-hydrogen) atoms. The van der Waals surface area contributed by atoms with Crippen molar-refractivity contribution in [2.75, 3.05) is 32.8 Å². The molecule has 3 heterocycles. The third-order valence-electron chi connectivity index (χ3n) is 6.06. The molecule has 156 valence electrons. The van der Waals surface area contributed by atoms with Gasteiger partial charge in [0.15, 0.2) is 0 Å². The fraction of sp³-hybridized carbons (Fsp3) is 0.545. The number of aromatic nitrogens is 2. The highest BCUT2D eigenvalue weighted by Crippen LogP contribution is 2.32. The summed E-state index contributed by atoms with van der Waals surface area (Å²) in [4.78, 5) is 17.7. The molecule has 2 aliphatic rings. The van der Waals surface area contributed by atoms with Crippen LogP contribution in [0.2, 0.25) is 0 Å². The highest BCUT2D eigenvalue weighted by molar-refractivity contribution is 5.96. The van der Waals surface area contributed by atoms with Crippen molar-refractivity contribution in [1.82, 2.24) is 19.6 Å². The van der Waals surface area contributed by atoms with Crippen LogP contribution >= 0.6 is 0 Å². The van der Waals surface area contributed by atoms with Gasteiger partial charge in [-0.25, -0.2) is 4.39 Å². The van der Waals surface area contributed by atoms with Gasteiger partial charge in [0.05, 0.1) is 24.9 Å². The molecule has 4 rings (SSSR count). The van der Waals surface area contributed by atoms with Crippen LogP contribution in [0.3, 0.4) is 0 Å². The zero-order valence-electron chi connectivity index (χ0n) is 17.2. The second kappa shape index (κ2) is 8.63. The summed E-state index contributed by atoms with van der Waals surface area (Å²) in [6.07, 6.45) is 7.30. The van der Waals surface area contributed by atoms with Crippen LogP contribution in [-0.4, -0.2) is 64.4 Å². The molecule has 0 aliphatic carbocycles. The Hall–Kier alpha value is -2.25. The van der Waals surface area contributed by atoms with Gasteiger partial charge in [-0.2, -0.15) is 5.10 Å². The second-order valence-electron chi connectivity index (χ2n) is 8.07. The number of nitrogens with zero attached hydrogens (tertiary/aromatic N) is 4. The predicted molar refractivity (Wildman–Crippen MR) is 108 cm³/mol. The van der Waals surface area contributed by atoms with Crippen molar-refractivity contribution < 1.29 is 13.9 Å². The van der Waals surface area contributed by atoms with E-state index in [1.165, 1.54) is 25.3 Å². The first-order valence-electron chi connectivity index (χ1n) is 10.4. The number of likely N-dealkylation sites (tertiary alicyclic amines) is 1. The van der Waals surface area contributed by atoms with E-state index in [1.807, 2.05) is 18.1 Å². The van der Waals surface area contributed by atoms with Crippen molar-refractivity contribution in [2.45, 2.75) is 38.3 Å². The molecule has 2 saturated heterocycles. The SMILES string of the molecule is Cc1c(F)cccc1C(=O)N1CCO[C@@H](CN2CCCCC2)[C@@H]1c1cnn(C)c1. The molecule has 0 bridgehead atoms. The lowest BCUT2D eigenvalue weighted by atomic mass is 9.97. The Labute approximate surface area is 171 Å². The van der Waals surface area contributed by atoms with E-state index in [-0.39, 0.29) is 23.9 Å². The summed E-state index contributed by atoms with van der Waals surface area (Å²) >= 11 is 0. The van der Waals surface area contributed by atoms with E-state index >= 15 is 0 Å². The molecule has 0 saturated carbocycles. The van der Waals surface area contributed by atoms with E-state index in [2.05, 4.69) is 10.00 Å². The number of piperidine rings is 1. The average molecular weight is 400 g/mol. The summed E-state index contributed by atoms with van der Waals surface area (Å²) in [7, 11) is 1.87. The number of carbonyl (C=O) groups is 1. The molecule has 1 aromatic heterocycles. The monoisotopic (exact) mass is 400 g/mol.